The zero-order valence-corrected chi connectivity index (χ0v) is 13.4. The maximum absolute atomic E-state index is 12.8. The summed E-state index contributed by atoms with van der Waals surface area (Å²) in [5.41, 5.74) is 3.28. The first-order chi connectivity index (χ1) is 12.2. The predicted octanol–water partition coefficient (Wildman–Crippen LogP) is 3.61. The Morgan fingerprint density at radius 1 is 1.04 bits per heavy atom. The molecule has 0 aliphatic rings. The van der Waals surface area contributed by atoms with Crippen LogP contribution in [0.5, 0.6) is 0 Å². The molecule has 1 amide bonds. The van der Waals surface area contributed by atoms with E-state index in [1.165, 1.54) is 24.5 Å². The number of nitrogens with zero attached hydrogens (tertiary/aromatic N) is 2. The van der Waals surface area contributed by atoms with Gasteiger partial charge >= 0.3 is 0 Å². The number of hydrogen-bond acceptors (Lipinski definition) is 3. The van der Waals surface area contributed by atoms with Crippen LogP contribution in [0.2, 0.25) is 0 Å². The zero-order chi connectivity index (χ0) is 17.5. The predicted molar refractivity (Wildman–Crippen MR) is 94.7 cm³/mol. The van der Waals surface area contributed by atoms with Crippen LogP contribution >= 0.6 is 0 Å². The molecular weight excluding hydrogens is 317 g/mol. The van der Waals surface area contributed by atoms with Gasteiger partial charge in [0, 0.05) is 11.6 Å². The van der Waals surface area contributed by atoms with Gasteiger partial charge in [-0.15, -0.1) is 0 Å². The van der Waals surface area contributed by atoms with Crippen LogP contribution in [-0.4, -0.2) is 15.9 Å². The van der Waals surface area contributed by atoms with Gasteiger partial charge in [0.2, 0.25) is 5.91 Å². The van der Waals surface area contributed by atoms with E-state index in [2.05, 4.69) is 15.3 Å². The van der Waals surface area contributed by atoms with E-state index in [1.54, 1.807) is 18.2 Å². The Balaban J connectivity index is 1.60. The van der Waals surface area contributed by atoms with Crippen molar-refractivity contribution >= 4 is 12.0 Å². The molecule has 2 aromatic carbocycles. The fourth-order valence-corrected chi connectivity index (χ4v) is 2.24. The molecule has 0 aliphatic heterocycles. The van der Waals surface area contributed by atoms with Gasteiger partial charge in [0.15, 0.2) is 0 Å². The number of hydrogen-bond donors (Lipinski definition) is 1. The van der Waals surface area contributed by atoms with Crippen LogP contribution in [0.25, 0.3) is 17.3 Å². The molecule has 5 heteroatoms. The van der Waals surface area contributed by atoms with Crippen molar-refractivity contribution in [3.8, 4) is 11.3 Å². The molecule has 0 bridgehead atoms. The Labute approximate surface area is 145 Å². The first kappa shape index (κ1) is 16.5. The van der Waals surface area contributed by atoms with Gasteiger partial charge in [-0.2, -0.15) is 0 Å². The summed E-state index contributed by atoms with van der Waals surface area (Å²) < 4.78 is 12.8. The van der Waals surface area contributed by atoms with E-state index in [1.807, 2.05) is 36.4 Å². The van der Waals surface area contributed by atoms with E-state index < -0.39 is 0 Å². The Morgan fingerprint density at radius 3 is 2.56 bits per heavy atom. The third-order valence-corrected chi connectivity index (χ3v) is 3.53. The van der Waals surface area contributed by atoms with Crippen LogP contribution < -0.4 is 5.32 Å². The summed E-state index contributed by atoms with van der Waals surface area (Å²) in [6, 6.07) is 17.5. The smallest absolute Gasteiger partial charge is 0.244 e. The molecule has 0 saturated carbocycles. The van der Waals surface area contributed by atoms with Gasteiger partial charge in [0.25, 0.3) is 0 Å². The fourth-order valence-electron chi connectivity index (χ4n) is 2.24. The minimum absolute atomic E-state index is 0.246. The van der Waals surface area contributed by atoms with E-state index >= 15 is 0 Å². The Kier molecular flexibility index (Phi) is 5.26. The average Bonchev–Trinajstić information content (AvgIpc) is 2.67. The molecular formula is C20H16FN3O. The van der Waals surface area contributed by atoms with E-state index in [4.69, 9.17) is 0 Å². The number of nitrogens with one attached hydrogen (secondary N) is 1. The molecule has 0 atom stereocenters. The van der Waals surface area contributed by atoms with Crippen molar-refractivity contribution in [2.45, 2.75) is 6.54 Å². The van der Waals surface area contributed by atoms with Crippen molar-refractivity contribution in [3.63, 3.8) is 0 Å². The molecule has 0 aliphatic carbocycles. The van der Waals surface area contributed by atoms with Gasteiger partial charge in [-0.25, -0.2) is 14.4 Å². The second-order valence-electron chi connectivity index (χ2n) is 5.36. The number of amides is 1. The highest BCUT2D eigenvalue weighted by atomic mass is 19.1. The van der Waals surface area contributed by atoms with Crippen molar-refractivity contribution in [1.82, 2.24) is 15.3 Å². The number of halogens is 1. The van der Waals surface area contributed by atoms with Crippen molar-refractivity contribution in [2.75, 3.05) is 0 Å². The lowest BCUT2D eigenvalue weighted by Crippen LogP contribution is -2.20. The van der Waals surface area contributed by atoms with Crippen molar-refractivity contribution in [2.24, 2.45) is 0 Å². The van der Waals surface area contributed by atoms with E-state index in [9.17, 15) is 9.18 Å². The molecule has 25 heavy (non-hydrogen) atoms. The Hall–Kier alpha value is -3.34. The van der Waals surface area contributed by atoms with Crippen LogP contribution in [0.15, 0.2) is 73.1 Å². The molecule has 0 radical (unpaired) electrons. The standard InChI is InChI=1S/C20H16FN3O/c21-17-9-6-15(7-10-17)8-11-20(25)22-13-18-12-19(24-14-23-18)16-4-2-1-3-5-16/h1-12,14H,13H2,(H,22,25)/b11-8+. The second-order valence-corrected chi connectivity index (χ2v) is 5.36. The lowest BCUT2D eigenvalue weighted by Gasteiger charge is -2.04. The largest absolute Gasteiger partial charge is 0.347 e. The topological polar surface area (TPSA) is 54.9 Å². The minimum Gasteiger partial charge on any atom is -0.347 e. The molecule has 3 aromatic rings. The summed E-state index contributed by atoms with van der Waals surface area (Å²) in [7, 11) is 0. The maximum atomic E-state index is 12.8. The average molecular weight is 333 g/mol. The Morgan fingerprint density at radius 2 is 1.80 bits per heavy atom. The van der Waals surface area contributed by atoms with Crippen LogP contribution in [0.3, 0.4) is 0 Å². The molecule has 124 valence electrons. The molecule has 1 heterocycles. The number of rotatable bonds is 5. The number of benzene rings is 2. The summed E-state index contributed by atoms with van der Waals surface area (Å²) in [6.07, 6.45) is 4.52. The van der Waals surface area contributed by atoms with E-state index in [0.29, 0.717) is 6.54 Å². The fraction of sp³-hybridized carbons (Fsp3) is 0.0500. The number of carbonyl (C=O) groups is 1. The minimum atomic E-state index is -0.306. The molecule has 1 aromatic heterocycles. The summed E-state index contributed by atoms with van der Waals surface area (Å²) >= 11 is 0. The van der Waals surface area contributed by atoms with Crippen LogP contribution in [0.1, 0.15) is 11.3 Å². The van der Waals surface area contributed by atoms with E-state index in [-0.39, 0.29) is 11.7 Å². The quantitative estimate of drug-likeness (QED) is 0.726. The lowest BCUT2D eigenvalue weighted by atomic mass is 10.1. The molecule has 0 unspecified atom stereocenters. The summed E-state index contributed by atoms with van der Waals surface area (Å²) in [5, 5.41) is 2.77. The molecule has 4 nitrogen and oxygen atoms in total. The highest BCUT2D eigenvalue weighted by Gasteiger charge is 2.03. The van der Waals surface area contributed by atoms with Gasteiger partial charge in [0.1, 0.15) is 12.1 Å². The summed E-state index contributed by atoms with van der Waals surface area (Å²) in [4.78, 5) is 20.3. The molecule has 0 saturated heterocycles. The van der Waals surface area contributed by atoms with Crippen molar-refractivity contribution < 1.29 is 9.18 Å². The van der Waals surface area contributed by atoms with E-state index in [0.717, 1.165) is 22.5 Å². The maximum Gasteiger partial charge on any atom is 0.244 e. The first-order valence-corrected chi connectivity index (χ1v) is 7.78. The van der Waals surface area contributed by atoms with Gasteiger partial charge in [0.05, 0.1) is 17.9 Å². The third-order valence-electron chi connectivity index (χ3n) is 3.53. The molecule has 0 fully saturated rings. The molecule has 3 rings (SSSR count). The normalized spacial score (nSPS) is 10.8. The summed E-state index contributed by atoms with van der Waals surface area (Å²) in [6.45, 7) is 0.301. The number of aromatic nitrogens is 2. The van der Waals surface area contributed by atoms with Crippen LogP contribution in [0, 0.1) is 5.82 Å². The highest BCUT2D eigenvalue weighted by molar-refractivity contribution is 5.91. The van der Waals surface area contributed by atoms with Crippen molar-refractivity contribution in [1.29, 1.82) is 0 Å². The third kappa shape index (κ3) is 4.81. The van der Waals surface area contributed by atoms with Gasteiger partial charge in [-0.3, -0.25) is 4.79 Å². The molecule has 0 spiro atoms. The monoisotopic (exact) mass is 333 g/mol. The highest BCUT2D eigenvalue weighted by Crippen LogP contribution is 2.15. The van der Waals surface area contributed by atoms with Crippen molar-refractivity contribution in [3.05, 3.63) is 90.1 Å². The van der Waals surface area contributed by atoms with Gasteiger partial charge in [-0.05, 0) is 29.8 Å². The first-order valence-electron chi connectivity index (χ1n) is 7.78. The van der Waals surface area contributed by atoms with Crippen LogP contribution in [0.4, 0.5) is 4.39 Å². The Bertz CT molecular complexity index is 877. The SMILES string of the molecule is O=C(/C=C/c1ccc(F)cc1)NCc1cc(-c2ccccc2)ncn1. The lowest BCUT2D eigenvalue weighted by molar-refractivity contribution is -0.116. The van der Waals surface area contributed by atoms with Gasteiger partial charge in [-0.1, -0.05) is 42.5 Å². The second kappa shape index (κ2) is 7.97. The summed E-state index contributed by atoms with van der Waals surface area (Å²) in [5.74, 6) is -0.552. The van der Waals surface area contributed by atoms with Crippen LogP contribution in [-0.2, 0) is 11.3 Å². The zero-order valence-electron chi connectivity index (χ0n) is 13.4. The van der Waals surface area contributed by atoms with Gasteiger partial charge < -0.3 is 5.32 Å². The molecule has 1 N–H and O–H groups in total. The number of carbonyl (C=O) groups excluding carboxylic acids is 1.